The van der Waals surface area contributed by atoms with Gasteiger partial charge in [0.15, 0.2) is 0 Å². The molecule has 180 valence electrons. The van der Waals surface area contributed by atoms with Crippen LogP contribution in [-0.2, 0) is 4.74 Å². The van der Waals surface area contributed by atoms with E-state index in [2.05, 4.69) is 41.5 Å². The molecule has 5 fully saturated rings. The van der Waals surface area contributed by atoms with Gasteiger partial charge in [0.1, 0.15) is 17.8 Å². The van der Waals surface area contributed by atoms with Crippen LogP contribution in [0.4, 0.5) is 0 Å². The third kappa shape index (κ3) is 2.65. The SMILES string of the molecule is CC(C)C(C)C1CC1C(C)C1CCC2=C3C(O)C4OC45CC(O)CCC5(C)C3CCC21C. The first-order valence-electron chi connectivity index (χ1n) is 13.8. The molecule has 0 aromatic rings. The summed E-state index contributed by atoms with van der Waals surface area (Å²) in [5.74, 6) is 5.45. The molecule has 6 aliphatic rings. The Morgan fingerprint density at radius 2 is 1.72 bits per heavy atom. The van der Waals surface area contributed by atoms with Gasteiger partial charge < -0.3 is 14.9 Å². The number of ether oxygens (including phenoxy) is 1. The third-order valence-corrected chi connectivity index (χ3v) is 12.4. The van der Waals surface area contributed by atoms with Crippen LogP contribution in [0.15, 0.2) is 11.1 Å². The van der Waals surface area contributed by atoms with Gasteiger partial charge in [0.2, 0.25) is 0 Å². The first-order valence-corrected chi connectivity index (χ1v) is 13.8. The molecule has 3 heteroatoms. The molecule has 1 heterocycles. The predicted molar refractivity (Wildman–Crippen MR) is 127 cm³/mol. The molecule has 12 atom stereocenters. The third-order valence-electron chi connectivity index (χ3n) is 12.4. The number of hydrogen-bond acceptors (Lipinski definition) is 3. The second-order valence-electron chi connectivity index (χ2n) is 13.8. The highest BCUT2D eigenvalue weighted by Crippen LogP contribution is 2.73. The Labute approximate surface area is 195 Å². The van der Waals surface area contributed by atoms with Crippen molar-refractivity contribution < 1.29 is 14.9 Å². The summed E-state index contributed by atoms with van der Waals surface area (Å²) >= 11 is 0. The van der Waals surface area contributed by atoms with E-state index >= 15 is 0 Å². The second-order valence-corrected chi connectivity index (χ2v) is 13.8. The van der Waals surface area contributed by atoms with Crippen LogP contribution in [0.1, 0.15) is 92.9 Å². The van der Waals surface area contributed by atoms with Gasteiger partial charge in [0.25, 0.3) is 0 Å². The van der Waals surface area contributed by atoms with Gasteiger partial charge in [-0.2, -0.15) is 0 Å². The summed E-state index contributed by atoms with van der Waals surface area (Å²) in [6, 6.07) is 0. The molecule has 32 heavy (non-hydrogen) atoms. The summed E-state index contributed by atoms with van der Waals surface area (Å²) in [4.78, 5) is 0. The van der Waals surface area contributed by atoms with E-state index in [0.29, 0.717) is 5.92 Å². The maximum absolute atomic E-state index is 11.6. The van der Waals surface area contributed by atoms with Crippen molar-refractivity contribution in [2.75, 3.05) is 0 Å². The molecule has 5 aliphatic carbocycles. The molecule has 3 nitrogen and oxygen atoms in total. The summed E-state index contributed by atoms with van der Waals surface area (Å²) in [5.41, 5.74) is 3.10. The topological polar surface area (TPSA) is 53.0 Å². The van der Waals surface area contributed by atoms with Crippen molar-refractivity contribution in [3.8, 4) is 0 Å². The quantitative estimate of drug-likeness (QED) is 0.431. The number of rotatable bonds is 4. The maximum Gasteiger partial charge on any atom is 0.118 e. The predicted octanol–water partition coefficient (Wildman–Crippen LogP) is 5.74. The van der Waals surface area contributed by atoms with Crippen molar-refractivity contribution >= 4 is 0 Å². The van der Waals surface area contributed by atoms with Crippen LogP contribution in [0.2, 0.25) is 0 Å². The molecule has 0 radical (unpaired) electrons. The van der Waals surface area contributed by atoms with Gasteiger partial charge in [-0.1, -0.05) is 47.1 Å². The van der Waals surface area contributed by atoms with Crippen molar-refractivity contribution in [3.05, 3.63) is 11.1 Å². The molecule has 0 aromatic carbocycles. The Morgan fingerprint density at radius 3 is 2.44 bits per heavy atom. The summed E-state index contributed by atoms with van der Waals surface area (Å²) in [6.45, 7) is 14.8. The van der Waals surface area contributed by atoms with E-state index in [4.69, 9.17) is 4.74 Å². The first kappa shape index (κ1) is 22.1. The van der Waals surface area contributed by atoms with E-state index in [9.17, 15) is 10.2 Å². The van der Waals surface area contributed by atoms with Gasteiger partial charge in [0.05, 0.1) is 6.10 Å². The molecule has 4 saturated carbocycles. The number of hydrogen-bond donors (Lipinski definition) is 2. The van der Waals surface area contributed by atoms with Gasteiger partial charge >= 0.3 is 0 Å². The summed E-state index contributed by atoms with van der Waals surface area (Å²) < 4.78 is 6.37. The van der Waals surface area contributed by atoms with Gasteiger partial charge in [0, 0.05) is 11.8 Å². The number of epoxide rings is 1. The molecular weight excluding hydrogens is 396 g/mol. The van der Waals surface area contributed by atoms with E-state index in [1.54, 1.807) is 5.57 Å². The van der Waals surface area contributed by atoms with Crippen LogP contribution in [0.5, 0.6) is 0 Å². The molecule has 12 unspecified atom stereocenters. The van der Waals surface area contributed by atoms with E-state index in [-0.39, 0.29) is 28.6 Å². The van der Waals surface area contributed by atoms with E-state index in [1.807, 2.05) is 0 Å². The van der Waals surface area contributed by atoms with Crippen LogP contribution in [-0.4, -0.2) is 34.1 Å². The lowest BCUT2D eigenvalue weighted by atomic mass is 9.48. The average Bonchev–Trinajstić information content (AvgIpc) is 3.64. The summed E-state index contributed by atoms with van der Waals surface area (Å²) in [5, 5.41) is 22.0. The molecule has 0 amide bonds. The fourth-order valence-corrected chi connectivity index (χ4v) is 10.0. The van der Waals surface area contributed by atoms with Crippen molar-refractivity contribution in [1.82, 2.24) is 0 Å². The van der Waals surface area contributed by atoms with Gasteiger partial charge in [-0.15, -0.1) is 0 Å². The Kier molecular flexibility index (Phi) is 4.73. The zero-order valence-electron chi connectivity index (χ0n) is 21.2. The van der Waals surface area contributed by atoms with Crippen LogP contribution < -0.4 is 0 Å². The fourth-order valence-electron chi connectivity index (χ4n) is 10.0. The molecule has 2 N–H and O–H groups in total. The van der Waals surface area contributed by atoms with Gasteiger partial charge in [-0.25, -0.2) is 0 Å². The number of fused-ring (bicyclic) bond motifs is 3. The second kappa shape index (κ2) is 6.85. The number of aliphatic hydroxyl groups excluding tert-OH is 2. The minimum atomic E-state index is -0.448. The van der Waals surface area contributed by atoms with Crippen molar-refractivity contribution in [2.45, 2.75) is 117 Å². The highest BCUT2D eigenvalue weighted by molar-refractivity contribution is 5.43. The summed E-state index contributed by atoms with van der Waals surface area (Å²) in [7, 11) is 0. The lowest BCUT2D eigenvalue weighted by Gasteiger charge is -2.56. The molecule has 0 bridgehead atoms. The lowest BCUT2D eigenvalue weighted by molar-refractivity contribution is -0.0517. The smallest absolute Gasteiger partial charge is 0.118 e. The van der Waals surface area contributed by atoms with Crippen LogP contribution in [0, 0.1) is 52.3 Å². The Morgan fingerprint density at radius 1 is 0.969 bits per heavy atom. The van der Waals surface area contributed by atoms with Crippen LogP contribution in [0.3, 0.4) is 0 Å². The standard InChI is InChI=1S/C29H46O3/c1-15(2)16(3)19-13-20(19)17(4)21-7-8-22-24-23(10-11-27(21,22)5)28(6)12-9-18(30)14-29(28)26(32-29)25(24)31/h15-21,23,25-26,30-31H,7-14H2,1-6H3. The maximum atomic E-state index is 11.6. The highest BCUT2D eigenvalue weighted by Gasteiger charge is 2.77. The molecule has 1 saturated heterocycles. The normalized spacial score (nSPS) is 55.6. The van der Waals surface area contributed by atoms with Crippen LogP contribution in [0.25, 0.3) is 0 Å². The van der Waals surface area contributed by atoms with Gasteiger partial charge in [-0.3, -0.25) is 0 Å². The Balaban J connectivity index is 1.31. The van der Waals surface area contributed by atoms with E-state index < -0.39 is 6.10 Å². The van der Waals surface area contributed by atoms with Crippen molar-refractivity contribution in [2.24, 2.45) is 52.3 Å². The first-order chi connectivity index (χ1) is 15.0. The number of aliphatic hydroxyl groups is 2. The number of allylic oxidation sites excluding steroid dienone is 1. The average molecular weight is 443 g/mol. The Bertz CT molecular complexity index is 832. The monoisotopic (exact) mass is 442 g/mol. The molecular formula is C29H46O3. The van der Waals surface area contributed by atoms with Gasteiger partial charge in [-0.05, 0) is 97.4 Å². The molecule has 1 aliphatic heterocycles. The van der Waals surface area contributed by atoms with E-state index in [1.165, 1.54) is 37.7 Å². The molecule has 1 spiro atoms. The fraction of sp³-hybridized carbons (Fsp3) is 0.931. The van der Waals surface area contributed by atoms with E-state index in [0.717, 1.165) is 54.8 Å². The summed E-state index contributed by atoms with van der Waals surface area (Å²) in [6.07, 6.45) is 8.23. The largest absolute Gasteiger partial charge is 0.393 e. The Hall–Kier alpha value is -0.380. The zero-order valence-corrected chi connectivity index (χ0v) is 21.2. The minimum absolute atomic E-state index is 0.0811. The highest BCUT2D eigenvalue weighted by atomic mass is 16.6. The van der Waals surface area contributed by atoms with Crippen molar-refractivity contribution in [1.29, 1.82) is 0 Å². The lowest BCUT2D eigenvalue weighted by Crippen LogP contribution is -2.57. The molecule has 6 rings (SSSR count). The van der Waals surface area contributed by atoms with Crippen LogP contribution >= 0.6 is 0 Å². The minimum Gasteiger partial charge on any atom is -0.393 e. The molecule has 0 aromatic heterocycles. The zero-order chi connectivity index (χ0) is 22.8. The van der Waals surface area contributed by atoms with Crippen molar-refractivity contribution in [3.63, 3.8) is 0 Å².